The SMILES string of the molecule is O=CC1(Cc2ccc(F)cc2)CC1. The number of carbonyl (C=O) groups excluding carboxylic acids is 1. The number of hydrogen-bond donors (Lipinski definition) is 0. The highest BCUT2D eigenvalue weighted by atomic mass is 19.1. The van der Waals surface area contributed by atoms with Crippen LogP contribution in [0, 0.1) is 11.2 Å². The molecule has 2 heteroatoms. The van der Waals surface area contributed by atoms with Crippen LogP contribution in [0.1, 0.15) is 18.4 Å². The summed E-state index contributed by atoms with van der Waals surface area (Å²) in [7, 11) is 0. The Balaban J connectivity index is 2.10. The van der Waals surface area contributed by atoms with Gasteiger partial charge in [-0.15, -0.1) is 0 Å². The van der Waals surface area contributed by atoms with E-state index in [-0.39, 0.29) is 11.2 Å². The van der Waals surface area contributed by atoms with Crippen LogP contribution in [0.5, 0.6) is 0 Å². The maximum atomic E-state index is 12.5. The molecule has 0 unspecified atom stereocenters. The van der Waals surface area contributed by atoms with Crippen LogP contribution < -0.4 is 0 Å². The summed E-state index contributed by atoms with van der Waals surface area (Å²) in [5.41, 5.74) is 0.934. The molecule has 1 aliphatic rings. The molecule has 0 radical (unpaired) electrons. The molecule has 0 spiro atoms. The zero-order chi connectivity index (χ0) is 9.31. The molecule has 68 valence electrons. The van der Waals surface area contributed by atoms with Gasteiger partial charge in [-0.2, -0.15) is 0 Å². The van der Waals surface area contributed by atoms with Crippen molar-refractivity contribution in [2.75, 3.05) is 0 Å². The standard InChI is InChI=1S/C11H11FO/c12-10-3-1-9(2-4-10)7-11(8-13)5-6-11/h1-4,8H,5-7H2. The van der Waals surface area contributed by atoms with E-state index >= 15 is 0 Å². The Kier molecular flexibility index (Phi) is 1.91. The van der Waals surface area contributed by atoms with Crippen LogP contribution in [-0.4, -0.2) is 6.29 Å². The lowest BCUT2D eigenvalue weighted by Gasteiger charge is -2.05. The number of hydrogen-bond acceptors (Lipinski definition) is 1. The van der Waals surface area contributed by atoms with Crippen molar-refractivity contribution in [1.82, 2.24) is 0 Å². The molecule has 1 aromatic carbocycles. The Morgan fingerprint density at radius 3 is 2.38 bits per heavy atom. The monoisotopic (exact) mass is 178 g/mol. The number of aldehydes is 1. The third-order valence-electron chi connectivity index (χ3n) is 2.61. The van der Waals surface area contributed by atoms with Crippen LogP contribution in [0.25, 0.3) is 0 Å². The average molecular weight is 178 g/mol. The van der Waals surface area contributed by atoms with Crippen molar-refractivity contribution in [1.29, 1.82) is 0 Å². The Morgan fingerprint density at radius 2 is 1.92 bits per heavy atom. The molecule has 1 nitrogen and oxygen atoms in total. The van der Waals surface area contributed by atoms with Crippen LogP contribution in [0.2, 0.25) is 0 Å². The number of rotatable bonds is 3. The van der Waals surface area contributed by atoms with Crippen molar-refractivity contribution in [3.63, 3.8) is 0 Å². The van der Waals surface area contributed by atoms with Gasteiger partial charge in [0.1, 0.15) is 12.1 Å². The Bertz CT molecular complexity index is 311. The quantitative estimate of drug-likeness (QED) is 0.649. The third-order valence-corrected chi connectivity index (χ3v) is 2.61. The fraction of sp³-hybridized carbons (Fsp3) is 0.364. The van der Waals surface area contributed by atoms with Crippen molar-refractivity contribution >= 4 is 6.29 Å². The van der Waals surface area contributed by atoms with Crippen molar-refractivity contribution in [3.8, 4) is 0 Å². The van der Waals surface area contributed by atoms with E-state index in [1.807, 2.05) is 0 Å². The van der Waals surface area contributed by atoms with Gasteiger partial charge in [0.15, 0.2) is 0 Å². The summed E-state index contributed by atoms with van der Waals surface area (Å²) >= 11 is 0. The fourth-order valence-corrected chi connectivity index (χ4v) is 1.51. The van der Waals surface area contributed by atoms with Crippen molar-refractivity contribution in [2.24, 2.45) is 5.41 Å². The molecule has 1 saturated carbocycles. The van der Waals surface area contributed by atoms with Gasteiger partial charge in [-0.1, -0.05) is 12.1 Å². The van der Waals surface area contributed by atoms with Gasteiger partial charge in [0.2, 0.25) is 0 Å². The maximum Gasteiger partial charge on any atom is 0.126 e. The van der Waals surface area contributed by atoms with Gasteiger partial charge in [0, 0.05) is 5.41 Å². The minimum atomic E-state index is -0.222. The predicted octanol–water partition coefficient (Wildman–Crippen LogP) is 2.35. The Hall–Kier alpha value is -1.18. The topological polar surface area (TPSA) is 17.1 Å². The molecule has 0 aliphatic heterocycles. The van der Waals surface area contributed by atoms with Gasteiger partial charge in [0.05, 0.1) is 0 Å². The second-order valence-electron chi connectivity index (χ2n) is 3.78. The minimum absolute atomic E-state index is 0.113. The highest BCUT2D eigenvalue weighted by molar-refractivity contribution is 5.64. The fourth-order valence-electron chi connectivity index (χ4n) is 1.51. The summed E-state index contributed by atoms with van der Waals surface area (Å²) in [5, 5.41) is 0. The van der Waals surface area contributed by atoms with Crippen LogP contribution >= 0.6 is 0 Å². The van der Waals surface area contributed by atoms with Gasteiger partial charge in [0.25, 0.3) is 0 Å². The van der Waals surface area contributed by atoms with Crippen LogP contribution in [-0.2, 0) is 11.2 Å². The normalized spacial score (nSPS) is 18.2. The lowest BCUT2D eigenvalue weighted by atomic mass is 9.98. The molecule has 1 fully saturated rings. The molecule has 0 amide bonds. The van der Waals surface area contributed by atoms with E-state index in [4.69, 9.17) is 0 Å². The Labute approximate surface area is 76.6 Å². The van der Waals surface area contributed by atoms with E-state index in [1.54, 1.807) is 12.1 Å². The molecule has 1 aromatic rings. The number of halogens is 1. The molecular weight excluding hydrogens is 167 g/mol. The Morgan fingerprint density at radius 1 is 1.31 bits per heavy atom. The van der Waals surface area contributed by atoms with Crippen LogP contribution in [0.3, 0.4) is 0 Å². The highest BCUT2D eigenvalue weighted by Crippen LogP contribution is 2.46. The van der Waals surface area contributed by atoms with Crippen LogP contribution in [0.4, 0.5) is 4.39 Å². The van der Waals surface area contributed by atoms with Crippen molar-refractivity contribution in [3.05, 3.63) is 35.6 Å². The first-order valence-electron chi connectivity index (χ1n) is 4.45. The van der Waals surface area contributed by atoms with Crippen molar-refractivity contribution in [2.45, 2.75) is 19.3 Å². The molecule has 0 bridgehead atoms. The summed E-state index contributed by atoms with van der Waals surface area (Å²) < 4.78 is 12.5. The molecule has 0 N–H and O–H groups in total. The first kappa shape index (κ1) is 8.42. The lowest BCUT2D eigenvalue weighted by molar-refractivity contribution is -0.112. The van der Waals surface area contributed by atoms with Gasteiger partial charge in [-0.05, 0) is 37.0 Å². The van der Waals surface area contributed by atoms with E-state index in [0.29, 0.717) is 0 Å². The van der Waals surface area contributed by atoms with Gasteiger partial charge in [-0.25, -0.2) is 4.39 Å². The van der Waals surface area contributed by atoms with E-state index in [1.165, 1.54) is 12.1 Å². The molecule has 1 aliphatic carbocycles. The zero-order valence-corrected chi connectivity index (χ0v) is 7.29. The molecule has 0 atom stereocenters. The molecule has 2 rings (SSSR count). The molecule has 0 heterocycles. The van der Waals surface area contributed by atoms with E-state index in [9.17, 15) is 9.18 Å². The largest absolute Gasteiger partial charge is 0.303 e. The highest BCUT2D eigenvalue weighted by Gasteiger charge is 2.42. The van der Waals surface area contributed by atoms with Gasteiger partial charge >= 0.3 is 0 Å². The zero-order valence-electron chi connectivity index (χ0n) is 7.29. The van der Waals surface area contributed by atoms with E-state index in [0.717, 1.165) is 31.1 Å². The molecule has 13 heavy (non-hydrogen) atoms. The number of carbonyl (C=O) groups is 1. The number of benzene rings is 1. The first-order valence-corrected chi connectivity index (χ1v) is 4.45. The second-order valence-corrected chi connectivity index (χ2v) is 3.78. The van der Waals surface area contributed by atoms with E-state index in [2.05, 4.69) is 0 Å². The maximum absolute atomic E-state index is 12.5. The summed E-state index contributed by atoms with van der Waals surface area (Å²) in [6.07, 6.45) is 3.76. The summed E-state index contributed by atoms with van der Waals surface area (Å²) in [4.78, 5) is 10.7. The minimum Gasteiger partial charge on any atom is -0.303 e. The second kappa shape index (κ2) is 2.95. The van der Waals surface area contributed by atoms with Crippen LogP contribution in [0.15, 0.2) is 24.3 Å². The predicted molar refractivity (Wildman–Crippen MR) is 47.8 cm³/mol. The van der Waals surface area contributed by atoms with Gasteiger partial charge in [-0.3, -0.25) is 0 Å². The molecule has 0 saturated heterocycles. The molecule has 0 aromatic heterocycles. The van der Waals surface area contributed by atoms with Gasteiger partial charge < -0.3 is 4.79 Å². The smallest absolute Gasteiger partial charge is 0.126 e. The third kappa shape index (κ3) is 1.77. The first-order chi connectivity index (χ1) is 6.24. The van der Waals surface area contributed by atoms with E-state index < -0.39 is 0 Å². The molecular formula is C11H11FO. The summed E-state index contributed by atoms with van der Waals surface area (Å²) in [6.45, 7) is 0. The average Bonchev–Trinajstić information content (AvgIpc) is 2.90. The summed E-state index contributed by atoms with van der Waals surface area (Å²) in [5.74, 6) is -0.222. The summed E-state index contributed by atoms with van der Waals surface area (Å²) in [6, 6.07) is 6.38. The van der Waals surface area contributed by atoms with Crippen molar-refractivity contribution < 1.29 is 9.18 Å². The lowest BCUT2D eigenvalue weighted by Crippen LogP contribution is -2.05.